The minimum Gasteiger partial charge on any atom is -0.464 e. The first-order valence-corrected chi connectivity index (χ1v) is 14.0. The zero-order chi connectivity index (χ0) is 28.9. The van der Waals surface area contributed by atoms with E-state index in [-0.39, 0.29) is 31.4 Å². The van der Waals surface area contributed by atoms with Gasteiger partial charge in [0.15, 0.2) is 0 Å². The van der Waals surface area contributed by atoms with Crippen molar-refractivity contribution < 1.29 is 19.1 Å². The van der Waals surface area contributed by atoms with Crippen LogP contribution in [0.25, 0.3) is 21.9 Å². The number of fused-ring (bicyclic) bond motifs is 4. The Morgan fingerprint density at radius 1 is 0.878 bits per heavy atom. The number of hydrogen-bond acceptors (Lipinski definition) is 6. The number of benzene rings is 4. The third-order valence-electron chi connectivity index (χ3n) is 7.97. The van der Waals surface area contributed by atoms with Gasteiger partial charge in [0.2, 0.25) is 5.91 Å². The average Bonchev–Trinajstić information content (AvgIpc) is 3.33. The SMILES string of the molecule is C[C@@H](C=O)N(C(=O)[C@@H](N)CCC(CN)C(=O)OCC1c2ccccc2-c2ccccc21)c1ccc2ccccc2c1. The van der Waals surface area contributed by atoms with E-state index in [1.807, 2.05) is 66.7 Å². The van der Waals surface area contributed by atoms with Crippen molar-refractivity contribution in [2.24, 2.45) is 17.4 Å². The standard InChI is InChI=1S/C34H35N3O4/c1-22(20-38)37(26-16-14-23-8-2-3-9-24(23)18-26)33(39)32(36)17-15-25(19-35)34(40)41-21-31-29-12-6-4-10-27(29)28-11-5-7-13-30(28)31/h2-14,16,18,20,22,25,31-32H,15,17,19,21,35-36H2,1H3/t22-,25?,32-/m0/s1. The fourth-order valence-corrected chi connectivity index (χ4v) is 5.69. The summed E-state index contributed by atoms with van der Waals surface area (Å²) in [7, 11) is 0. The second-order valence-corrected chi connectivity index (χ2v) is 10.6. The van der Waals surface area contributed by atoms with Crippen LogP contribution in [0.2, 0.25) is 0 Å². The number of carbonyl (C=O) groups excluding carboxylic acids is 3. The van der Waals surface area contributed by atoms with Gasteiger partial charge in [-0.25, -0.2) is 0 Å². The third kappa shape index (κ3) is 5.78. The molecule has 5 rings (SSSR count). The van der Waals surface area contributed by atoms with Gasteiger partial charge < -0.3 is 25.9 Å². The molecule has 0 spiro atoms. The highest BCUT2D eigenvalue weighted by atomic mass is 16.5. The first kappa shape index (κ1) is 28.2. The number of ether oxygens (including phenoxy) is 1. The lowest BCUT2D eigenvalue weighted by molar-refractivity contribution is -0.148. The molecular weight excluding hydrogens is 514 g/mol. The predicted octanol–water partition coefficient (Wildman–Crippen LogP) is 4.80. The maximum atomic E-state index is 13.5. The molecule has 1 unspecified atom stereocenters. The number of anilines is 1. The Bertz CT molecular complexity index is 1520. The van der Waals surface area contributed by atoms with Crippen LogP contribution in [0.4, 0.5) is 5.69 Å². The topological polar surface area (TPSA) is 116 Å². The van der Waals surface area contributed by atoms with Gasteiger partial charge in [-0.3, -0.25) is 9.59 Å². The van der Waals surface area contributed by atoms with Crippen molar-refractivity contribution in [3.63, 3.8) is 0 Å². The molecule has 0 saturated carbocycles. The number of amides is 1. The van der Waals surface area contributed by atoms with Crippen LogP contribution in [0.3, 0.4) is 0 Å². The summed E-state index contributed by atoms with van der Waals surface area (Å²) in [5.74, 6) is -1.43. The Morgan fingerprint density at radius 3 is 2.12 bits per heavy atom. The zero-order valence-electron chi connectivity index (χ0n) is 23.1. The molecule has 41 heavy (non-hydrogen) atoms. The molecule has 0 fully saturated rings. The molecule has 0 heterocycles. The van der Waals surface area contributed by atoms with E-state index in [1.54, 1.807) is 6.92 Å². The van der Waals surface area contributed by atoms with Gasteiger partial charge in [0.1, 0.15) is 12.9 Å². The van der Waals surface area contributed by atoms with E-state index in [0.29, 0.717) is 12.1 Å². The smallest absolute Gasteiger partial charge is 0.310 e. The van der Waals surface area contributed by atoms with E-state index < -0.39 is 24.0 Å². The molecule has 0 aromatic heterocycles. The monoisotopic (exact) mass is 549 g/mol. The normalized spacial score (nSPS) is 14.5. The molecule has 4 N–H and O–H groups in total. The van der Waals surface area contributed by atoms with Crippen molar-refractivity contribution >= 4 is 34.6 Å². The van der Waals surface area contributed by atoms with Crippen molar-refractivity contribution in [2.45, 2.75) is 37.8 Å². The fraction of sp³-hybridized carbons (Fsp3) is 0.265. The second kappa shape index (κ2) is 12.5. The summed E-state index contributed by atoms with van der Waals surface area (Å²) in [6.45, 7) is 1.95. The Kier molecular flexibility index (Phi) is 8.57. The summed E-state index contributed by atoms with van der Waals surface area (Å²) in [6.07, 6.45) is 1.24. The number of carbonyl (C=O) groups is 3. The zero-order valence-corrected chi connectivity index (χ0v) is 23.1. The number of nitrogens with zero attached hydrogens (tertiary/aromatic N) is 1. The Morgan fingerprint density at radius 2 is 1.49 bits per heavy atom. The highest BCUT2D eigenvalue weighted by Gasteiger charge is 2.31. The van der Waals surface area contributed by atoms with Crippen molar-refractivity contribution in [3.8, 4) is 11.1 Å². The molecule has 0 bridgehead atoms. The molecular formula is C34H35N3O4. The molecule has 7 nitrogen and oxygen atoms in total. The molecule has 4 aromatic carbocycles. The summed E-state index contributed by atoms with van der Waals surface area (Å²) in [4.78, 5) is 39.7. The van der Waals surface area contributed by atoms with Crippen molar-refractivity contribution in [1.29, 1.82) is 0 Å². The van der Waals surface area contributed by atoms with Gasteiger partial charge in [-0.2, -0.15) is 0 Å². The molecule has 3 atom stereocenters. The highest BCUT2D eigenvalue weighted by Crippen LogP contribution is 2.44. The quantitative estimate of drug-likeness (QED) is 0.205. The molecule has 1 aliphatic carbocycles. The van der Waals surface area contributed by atoms with Gasteiger partial charge in [-0.1, -0.05) is 78.9 Å². The largest absolute Gasteiger partial charge is 0.464 e. The number of nitrogens with two attached hydrogens (primary N) is 2. The van der Waals surface area contributed by atoms with Crippen LogP contribution in [0.5, 0.6) is 0 Å². The molecule has 0 radical (unpaired) electrons. The van der Waals surface area contributed by atoms with Crippen molar-refractivity contribution in [3.05, 3.63) is 102 Å². The molecule has 7 heteroatoms. The lowest BCUT2D eigenvalue weighted by Gasteiger charge is -2.29. The van der Waals surface area contributed by atoms with Gasteiger partial charge in [0.25, 0.3) is 0 Å². The summed E-state index contributed by atoms with van der Waals surface area (Å²) >= 11 is 0. The fourth-order valence-electron chi connectivity index (χ4n) is 5.69. The van der Waals surface area contributed by atoms with Crippen LogP contribution >= 0.6 is 0 Å². The summed E-state index contributed by atoms with van der Waals surface area (Å²) in [6, 6.07) is 28.1. The average molecular weight is 550 g/mol. The molecule has 1 aliphatic rings. The van der Waals surface area contributed by atoms with E-state index in [1.165, 1.54) is 4.90 Å². The van der Waals surface area contributed by atoms with E-state index in [9.17, 15) is 14.4 Å². The number of hydrogen-bond donors (Lipinski definition) is 2. The minimum atomic E-state index is -0.917. The van der Waals surface area contributed by atoms with Crippen molar-refractivity contribution in [1.82, 2.24) is 0 Å². The minimum absolute atomic E-state index is 0.0473. The van der Waals surface area contributed by atoms with Crippen LogP contribution in [-0.4, -0.2) is 43.4 Å². The summed E-state index contributed by atoms with van der Waals surface area (Å²) in [5, 5.41) is 1.98. The maximum Gasteiger partial charge on any atom is 0.310 e. The Balaban J connectivity index is 1.23. The summed E-state index contributed by atoms with van der Waals surface area (Å²) in [5.41, 5.74) is 17.5. The predicted molar refractivity (Wildman–Crippen MR) is 161 cm³/mol. The van der Waals surface area contributed by atoms with Crippen LogP contribution < -0.4 is 16.4 Å². The van der Waals surface area contributed by atoms with E-state index in [4.69, 9.17) is 16.2 Å². The van der Waals surface area contributed by atoms with Crippen LogP contribution in [0, 0.1) is 5.92 Å². The molecule has 4 aromatic rings. The van der Waals surface area contributed by atoms with Gasteiger partial charge in [-0.05, 0) is 64.9 Å². The van der Waals surface area contributed by atoms with E-state index in [2.05, 4.69) is 24.3 Å². The Labute approximate surface area is 240 Å². The van der Waals surface area contributed by atoms with Gasteiger partial charge in [-0.15, -0.1) is 0 Å². The Hall–Kier alpha value is -4.33. The number of rotatable bonds is 11. The molecule has 0 saturated heterocycles. The first-order chi connectivity index (χ1) is 19.9. The number of aldehydes is 1. The van der Waals surface area contributed by atoms with Gasteiger partial charge >= 0.3 is 5.97 Å². The third-order valence-corrected chi connectivity index (χ3v) is 7.97. The van der Waals surface area contributed by atoms with Gasteiger partial charge in [0, 0.05) is 18.2 Å². The van der Waals surface area contributed by atoms with Crippen molar-refractivity contribution in [2.75, 3.05) is 18.1 Å². The lowest BCUT2D eigenvalue weighted by atomic mass is 9.97. The van der Waals surface area contributed by atoms with Crippen LogP contribution in [-0.2, 0) is 19.1 Å². The second-order valence-electron chi connectivity index (χ2n) is 10.6. The highest BCUT2D eigenvalue weighted by molar-refractivity contribution is 6.02. The first-order valence-electron chi connectivity index (χ1n) is 14.0. The summed E-state index contributed by atoms with van der Waals surface area (Å²) < 4.78 is 5.80. The maximum absolute atomic E-state index is 13.5. The molecule has 0 aliphatic heterocycles. The van der Waals surface area contributed by atoms with Crippen LogP contribution in [0.15, 0.2) is 91.0 Å². The lowest BCUT2D eigenvalue weighted by Crippen LogP contribution is -2.49. The van der Waals surface area contributed by atoms with E-state index >= 15 is 0 Å². The van der Waals surface area contributed by atoms with E-state index in [0.717, 1.165) is 39.3 Å². The van der Waals surface area contributed by atoms with Crippen LogP contribution in [0.1, 0.15) is 36.8 Å². The number of esters is 1. The molecule has 210 valence electrons. The molecule has 1 amide bonds. The van der Waals surface area contributed by atoms with Gasteiger partial charge in [0.05, 0.1) is 18.0 Å².